The van der Waals surface area contributed by atoms with Gasteiger partial charge in [-0.25, -0.2) is 0 Å². The minimum absolute atomic E-state index is 0.600. The topological polar surface area (TPSA) is 15.3 Å². The van der Waals surface area contributed by atoms with Crippen LogP contribution in [0.3, 0.4) is 0 Å². The van der Waals surface area contributed by atoms with Crippen molar-refractivity contribution in [2.24, 2.45) is 17.8 Å². The van der Waals surface area contributed by atoms with Crippen LogP contribution in [0.2, 0.25) is 0 Å². The molecule has 0 heterocycles. The fourth-order valence-electron chi connectivity index (χ4n) is 3.89. The predicted molar refractivity (Wildman–Crippen MR) is 78.7 cm³/mol. The van der Waals surface area contributed by atoms with Gasteiger partial charge in [-0.3, -0.25) is 0 Å². The highest BCUT2D eigenvalue weighted by molar-refractivity contribution is 5.11. The van der Waals surface area contributed by atoms with Crippen LogP contribution in [0.15, 0.2) is 12.2 Å². The van der Waals surface area contributed by atoms with Crippen molar-refractivity contribution in [3.05, 3.63) is 12.2 Å². The number of nitrogens with one attached hydrogen (secondary N) is 1. The van der Waals surface area contributed by atoms with Gasteiger partial charge in [0.1, 0.15) is 0 Å². The van der Waals surface area contributed by atoms with Crippen molar-refractivity contribution >= 4 is 0 Å². The SMILES string of the molecule is CCN(CC)CC(C)NC(C)C1CC2C=CC1C2. The smallest absolute Gasteiger partial charge is 0.0169 e. The fourth-order valence-corrected chi connectivity index (χ4v) is 3.89. The number of hydrogen-bond donors (Lipinski definition) is 1. The van der Waals surface area contributed by atoms with Crippen LogP contribution in [-0.4, -0.2) is 36.6 Å². The summed E-state index contributed by atoms with van der Waals surface area (Å²) >= 11 is 0. The number of hydrogen-bond acceptors (Lipinski definition) is 2. The zero-order chi connectivity index (χ0) is 13.1. The Morgan fingerprint density at radius 3 is 2.39 bits per heavy atom. The molecule has 0 saturated heterocycles. The van der Waals surface area contributed by atoms with Crippen molar-refractivity contribution in [2.75, 3.05) is 19.6 Å². The number of allylic oxidation sites excluding steroid dienone is 2. The summed E-state index contributed by atoms with van der Waals surface area (Å²) in [5.41, 5.74) is 0. The lowest BCUT2D eigenvalue weighted by atomic mass is 9.87. The second-order valence-corrected chi connectivity index (χ2v) is 6.29. The molecule has 1 fully saturated rings. The summed E-state index contributed by atoms with van der Waals surface area (Å²) in [6.45, 7) is 12.7. The Kier molecular flexibility index (Phi) is 4.85. The van der Waals surface area contributed by atoms with Crippen LogP contribution in [0, 0.1) is 17.8 Å². The maximum Gasteiger partial charge on any atom is 0.0169 e. The minimum atomic E-state index is 0.600. The first-order chi connectivity index (χ1) is 8.63. The molecule has 2 heteroatoms. The number of fused-ring (bicyclic) bond motifs is 2. The molecule has 2 aliphatic carbocycles. The number of nitrogens with zero attached hydrogens (tertiary/aromatic N) is 1. The van der Waals surface area contributed by atoms with Crippen LogP contribution in [0.4, 0.5) is 0 Å². The molecule has 2 aliphatic rings. The van der Waals surface area contributed by atoms with Gasteiger partial charge in [-0.05, 0) is 57.5 Å². The maximum atomic E-state index is 3.83. The maximum absolute atomic E-state index is 3.83. The lowest BCUT2D eigenvalue weighted by Gasteiger charge is -2.31. The van der Waals surface area contributed by atoms with Crippen molar-refractivity contribution in [3.8, 4) is 0 Å². The standard InChI is InChI=1S/C16H30N2/c1-5-18(6-2)11-12(3)17-13(4)16-10-14-7-8-15(16)9-14/h7-8,12-17H,5-6,9-11H2,1-4H3. The summed E-state index contributed by atoms with van der Waals surface area (Å²) in [5, 5.41) is 3.83. The van der Waals surface area contributed by atoms with Crippen molar-refractivity contribution < 1.29 is 0 Å². The molecule has 5 unspecified atom stereocenters. The largest absolute Gasteiger partial charge is 0.310 e. The van der Waals surface area contributed by atoms with Gasteiger partial charge in [0.25, 0.3) is 0 Å². The molecule has 2 rings (SSSR count). The molecular weight excluding hydrogens is 220 g/mol. The van der Waals surface area contributed by atoms with Crippen LogP contribution in [0.1, 0.15) is 40.5 Å². The van der Waals surface area contributed by atoms with E-state index in [9.17, 15) is 0 Å². The number of likely N-dealkylation sites (N-methyl/N-ethyl adjacent to an activating group) is 1. The molecular formula is C16H30N2. The van der Waals surface area contributed by atoms with Gasteiger partial charge in [0, 0.05) is 18.6 Å². The molecule has 0 aromatic heterocycles. The van der Waals surface area contributed by atoms with Crippen molar-refractivity contribution in [1.29, 1.82) is 0 Å². The van der Waals surface area contributed by atoms with E-state index in [1.807, 2.05) is 0 Å². The van der Waals surface area contributed by atoms with Gasteiger partial charge in [0.05, 0.1) is 0 Å². The Hall–Kier alpha value is -0.340. The van der Waals surface area contributed by atoms with E-state index in [0.717, 1.165) is 30.8 Å². The molecule has 1 N–H and O–H groups in total. The van der Waals surface area contributed by atoms with Crippen LogP contribution in [-0.2, 0) is 0 Å². The second kappa shape index (κ2) is 6.21. The van der Waals surface area contributed by atoms with Crippen molar-refractivity contribution in [1.82, 2.24) is 10.2 Å². The zero-order valence-electron chi connectivity index (χ0n) is 12.5. The van der Waals surface area contributed by atoms with E-state index in [1.165, 1.54) is 19.4 Å². The van der Waals surface area contributed by atoms with E-state index >= 15 is 0 Å². The average molecular weight is 250 g/mol. The van der Waals surface area contributed by atoms with Crippen LogP contribution in [0.5, 0.6) is 0 Å². The van der Waals surface area contributed by atoms with Gasteiger partial charge in [-0.15, -0.1) is 0 Å². The second-order valence-electron chi connectivity index (χ2n) is 6.29. The lowest BCUT2D eigenvalue weighted by molar-refractivity contribution is 0.238. The first-order valence-corrected chi connectivity index (χ1v) is 7.80. The number of rotatable bonds is 7. The predicted octanol–water partition coefficient (Wildman–Crippen LogP) is 2.91. The molecule has 0 aromatic carbocycles. The van der Waals surface area contributed by atoms with Crippen molar-refractivity contribution in [2.45, 2.75) is 52.6 Å². The quantitative estimate of drug-likeness (QED) is 0.699. The first kappa shape index (κ1) is 14.1. The fraction of sp³-hybridized carbons (Fsp3) is 0.875. The third kappa shape index (κ3) is 3.16. The summed E-state index contributed by atoms with van der Waals surface area (Å²) in [4.78, 5) is 2.51. The average Bonchev–Trinajstić information content (AvgIpc) is 2.97. The molecule has 2 bridgehead atoms. The highest BCUT2D eigenvalue weighted by Crippen LogP contribution is 2.44. The molecule has 2 nitrogen and oxygen atoms in total. The Balaban J connectivity index is 1.77. The lowest BCUT2D eigenvalue weighted by Crippen LogP contribution is -2.46. The molecule has 0 aromatic rings. The highest BCUT2D eigenvalue weighted by Gasteiger charge is 2.38. The third-order valence-corrected chi connectivity index (χ3v) is 4.95. The van der Waals surface area contributed by atoms with E-state index in [1.54, 1.807) is 0 Å². The van der Waals surface area contributed by atoms with Crippen LogP contribution >= 0.6 is 0 Å². The van der Waals surface area contributed by atoms with Gasteiger partial charge in [0.2, 0.25) is 0 Å². The normalized spacial score (nSPS) is 33.3. The Morgan fingerprint density at radius 1 is 1.17 bits per heavy atom. The monoisotopic (exact) mass is 250 g/mol. The van der Waals surface area contributed by atoms with E-state index in [-0.39, 0.29) is 0 Å². The summed E-state index contributed by atoms with van der Waals surface area (Å²) in [7, 11) is 0. The van der Waals surface area contributed by atoms with E-state index in [4.69, 9.17) is 0 Å². The zero-order valence-corrected chi connectivity index (χ0v) is 12.5. The Labute approximate surface area is 113 Å². The first-order valence-electron chi connectivity index (χ1n) is 7.80. The molecule has 0 spiro atoms. The van der Waals surface area contributed by atoms with Gasteiger partial charge in [0.15, 0.2) is 0 Å². The third-order valence-electron chi connectivity index (χ3n) is 4.95. The van der Waals surface area contributed by atoms with Crippen LogP contribution < -0.4 is 5.32 Å². The molecule has 1 saturated carbocycles. The van der Waals surface area contributed by atoms with Crippen LogP contribution in [0.25, 0.3) is 0 Å². The molecule has 104 valence electrons. The molecule has 5 atom stereocenters. The molecule has 0 radical (unpaired) electrons. The highest BCUT2D eigenvalue weighted by atomic mass is 15.1. The molecule has 0 aliphatic heterocycles. The van der Waals surface area contributed by atoms with Gasteiger partial charge >= 0.3 is 0 Å². The molecule has 0 amide bonds. The van der Waals surface area contributed by atoms with E-state index < -0.39 is 0 Å². The summed E-state index contributed by atoms with van der Waals surface area (Å²) < 4.78 is 0. The Morgan fingerprint density at radius 2 is 1.89 bits per heavy atom. The van der Waals surface area contributed by atoms with E-state index in [0.29, 0.717) is 12.1 Å². The minimum Gasteiger partial charge on any atom is -0.310 e. The van der Waals surface area contributed by atoms with Crippen molar-refractivity contribution in [3.63, 3.8) is 0 Å². The summed E-state index contributed by atoms with van der Waals surface area (Å²) in [5.74, 6) is 2.62. The summed E-state index contributed by atoms with van der Waals surface area (Å²) in [6, 6.07) is 1.26. The van der Waals surface area contributed by atoms with Gasteiger partial charge < -0.3 is 10.2 Å². The summed E-state index contributed by atoms with van der Waals surface area (Å²) in [6.07, 6.45) is 7.73. The van der Waals surface area contributed by atoms with Gasteiger partial charge in [-0.1, -0.05) is 26.0 Å². The Bertz CT molecular complexity index is 283. The van der Waals surface area contributed by atoms with E-state index in [2.05, 4.69) is 50.1 Å². The van der Waals surface area contributed by atoms with Gasteiger partial charge in [-0.2, -0.15) is 0 Å². The molecule has 18 heavy (non-hydrogen) atoms.